The number of hydrogen-bond acceptors (Lipinski definition) is 6. The van der Waals surface area contributed by atoms with Crippen molar-refractivity contribution in [2.45, 2.75) is 69.6 Å². The van der Waals surface area contributed by atoms with Crippen LogP contribution in [0.1, 0.15) is 46.5 Å². The molecular weight excluding hydrogens is 467 g/mol. The van der Waals surface area contributed by atoms with Gasteiger partial charge in [0.25, 0.3) is 6.10 Å². The first-order chi connectivity index (χ1) is 14.3. The zero-order valence-corrected chi connectivity index (χ0v) is 18.4. The summed E-state index contributed by atoms with van der Waals surface area (Å²) in [5.74, 6) is -4.83. The van der Waals surface area contributed by atoms with Gasteiger partial charge in [-0.2, -0.15) is 30.4 Å². The lowest BCUT2D eigenvalue weighted by Gasteiger charge is -2.49. The summed E-state index contributed by atoms with van der Waals surface area (Å²) < 4.78 is 107. The summed E-state index contributed by atoms with van der Waals surface area (Å²) in [5.41, 5.74) is -0.920. The molecule has 0 aromatic carbocycles. The van der Waals surface area contributed by atoms with E-state index in [4.69, 9.17) is 9.29 Å². The standard InChI is InChI=1S/C19H25F5O7S/c1-9(2)14(25)31-17(4)7-11-5-10(3)13(12(6-11)8-17)15(26)30-16(18(20,21)22)19(23,24)32(27,28)29/h10-13,16H,1,5-8H2,2-4H3,(H,27,28,29). The van der Waals surface area contributed by atoms with Crippen molar-refractivity contribution in [2.75, 3.05) is 0 Å². The third-order valence-corrected chi connectivity index (χ3v) is 6.92. The highest BCUT2D eigenvalue weighted by molar-refractivity contribution is 7.86. The molecule has 0 saturated heterocycles. The predicted molar refractivity (Wildman–Crippen MR) is 99.8 cm³/mol. The zero-order valence-electron chi connectivity index (χ0n) is 17.6. The Kier molecular flexibility index (Phi) is 7.07. The average Bonchev–Trinajstić information content (AvgIpc) is 2.55. The molecule has 2 saturated carbocycles. The molecule has 2 aliphatic carbocycles. The van der Waals surface area contributed by atoms with Crippen LogP contribution in [0.25, 0.3) is 0 Å². The van der Waals surface area contributed by atoms with Crippen LogP contribution in [0.3, 0.4) is 0 Å². The first-order valence-corrected chi connectivity index (χ1v) is 11.2. The molecule has 2 rings (SSSR count). The summed E-state index contributed by atoms with van der Waals surface area (Å²) in [6.07, 6.45) is -9.12. The Hall–Kier alpha value is -1.76. The van der Waals surface area contributed by atoms with E-state index in [9.17, 15) is 40.0 Å². The number of hydrogen-bond donors (Lipinski definition) is 1. The molecule has 0 spiro atoms. The molecule has 2 fully saturated rings. The van der Waals surface area contributed by atoms with Crippen LogP contribution in [0.5, 0.6) is 0 Å². The summed E-state index contributed by atoms with van der Waals surface area (Å²) in [6.45, 7) is 8.08. The van der Waals surface area contributed by atoms with Gasteiger partial charge in [-0.25, -0.2) is 4.79 Å². The van der Waals surface area contributed by atoms with Gasteiger partial charge in [0.15, 0.2) is 0 Å². The summed E-state index contributed by atoms with van der Waals surface area (Å²) in [4.78, 5) is 24.6. The number of halogens is 5. The fourth-order valence-corrected chi connectivity index (χ4v) is 5.36. The van der Waals surface area contributed by atoms with E-state index in [0.717, 1.165) is 0 Å². The van der Waals surface area contributed by atoms with E-state index in [1.807, 2.05) is 0 Å². The summed E-state index contributed by atoms with van der Waals surface area (Å²) in [7, 11) is -6.53. The van der Waals surface area contributed by atoms with Crippen molar-refractivity contribution in [1.29, 1.82) is 0 Å². The normalized spacial score (nSPS) is 32.0. The topological polar surface area (TPSA) is 107 Å². The van der Waals surface area contributed by atoms with Crippen molar-refractivity contribution < 1.29 is 54.0 Å². The molecule has 1 N–H and O–H groups in total. The maximum absolute atomic E-state index is 13.8. The lowest BCUT2D eigenvalue weighted by Crippen LogP contribution is -2.54. The molecule has 6 unspecified atom stereocenters. The number of carbonyl (C=O) groups excluding carboxylic acids is 2. The molecule has 0 aromatic rings. The van der Waals surface area contributed by atoms with E-state index >= 15 is 0 Å². The van der Waals surface area contributed by atoms with Crippen LogP contribution in [0, 0.1) is 23.7 Å². The molecule has 184 valence electrons. The van der Waals surface area contributed by atoms with Gasteiger partial charge in [0.1, 0.15) is 5.60 Å². The molecule has 0 heterocycles. The van der Waals surface area contributed by atoms with Gasteiger partial charge in [-0.05, 0) is 57.3 Å². The number of alkyl halides is 5. The molecule has 32 heavy (non-hydrogen) atoms. The Balaban J connectivity index is 2.30. The number of fused-ring (bicyclic) bond motifs is 2. The molecule has 2 aliphatic rings. The molecule has 6 atom stereocenters. The van der Waals surface area contributed by atoms with E-state index in [2.05, 4.69) is 11.3 Å². The molecule has 0 aliphatic heterocycles. The third-order valence-electron chi connectivity index (χ3n) is 6.02. The molecule has 0 aromatic heterocycles. The van der Waals surface area contributed by atoms with Gasteiger partial charge in [0.05, 0.1) is 5.92 Å². The number of rotatable bonds is 6. The Morgan fingerprint density at radius 1 is 1.16 bits per heavy atom. The second kappa shape index (κ2) is 8.54. The fourth-order valence-electron chi connectivity index (χ4n) is 4.91. The SMILES string of the molecule is C=C(C)C(=O)OC1(C)CC2CC(C)C(C(=O)OC(C(F)(F)F)C(F)(F)S(=O)(=O)O)C(C2)C1. The minimum absolute atomic E-state index is 0.0339. The van der Waals surface area contributed by atoms with Crippen LogP contribution in [0.4, 0.5) is 22.0 Å². The van der Waals surface area contributed by atoms with Crippen molar-refractivity contribution in [3.05, 3.63) is 12.2 Å². The van der Waals surface area contributed by atoms with Crippen LogP contribution in [0.2, 0.25) is 0 Å². The highest BCUT2D eigenvalue weighted by atomic mass is 32.2. The van der Waals surface area contributed by atoms with Gasteiger partial charge < -0.3 is 9.47 Å². The second-order valence-electron chi connectivity index (χ2n) is 9.02. The second-order valence-corrected chi connectivity index (χ2v) is 10.5. The first kappa shape index (κ1) is 26.5. The molecule has 0 amide bonds. The van der Waals surface area contributed by atoms with Gasteiger partial charge in [-0.15, -0.1) is 0 Å². The smallest absolute Gasteiger partial charge is 0.432 e. The quantitative estimate of drug-likeness (QED) is 0.259. The van der Waals surface area contributed by atoms with Gasteiger partial charge in [-0.3, -0.25) is 9.35 Å². The van der Waals surface area contributed by atoms with Gasteiger partial charge in [0.2, 0.25) is 0 Å². The predicted octanol–water partition coefficient (Wildman–Crippen LogP) is 3.89. The third kappa shape index (κ3) is 5.41. The van der Waals surface area contributed by atoms with E-state index in [1.54, 1.807) is 13.8 Å². The molecule has 13 heteroatoms. The van der Waals surface area contributed by atoms with Crippen molar-refractivity contribution in [1.82, 2.24) is 0 Å². The maximum Gasteiger partial charge on any atom is 0.432 e. The van der Waals surface area contributed by atoms with Crippen LogP contribution < -0.4 is 0 Å². The fraction of sp³-hybridized carbons (Fsp3) is 0.789. The minimum Gasteiger partial charge on any atom is -0.456 e. The van der Waals surface area contributed by atoms with Gasteiger partial charge >= 0.3 is 33.5 Å². The monoisotopic (exact) mass is 492 g/mol. The summed E-state index contributed by atoms with van der Waals surface area (Å²) in [5, 5.41) is -5.79. The van der Waals surface area contributed by atoms with Crippen molar-refractivity contribution in [3.63, 3.8) is 0 Å². The van der Waals surface area contributed by atoms with Crippen LogP contribution in [-0.2, 0) is 29.2 Å². The first-order valence-electron chi connectivity index (χ1n) is 9.79. The van der Waals surface area contributed by atoms with Crippen molar-refractivity contribution >= 4 is 22.1 Å². The molecule has 7 nitrogen and oxygen atoms in total. The Labute approximate surface area is 182 Å². The Morgan fingerprint density at radius 2 is 1.72 bits per heavy atom. The zero-order chi connectivity index (χ0) is 24.9. The van der Waals surface area contributed by atoms with Crippen molar-refractivity contribution in [3.8, 4) is 0 Å². The number of carbonyl (C=O) groups is 2. The van der Waals surface area contributed by atoms with E-state index in [1.165, 1.54) is 6.92 Å². The number of esters is 2. The van der Waals surface area contributed by atoms with Crippen LogP contribution in [0.15, 0.2) is 12.2 Å². The maximum atomic E-state index is 13.8. The van der Waals surface area contributed by atoms with Crippen molar-refractivity contribution in [2.24, 2.45) is 23.7 Å². The van der Waals surface area contributed by atoms with E-state index in [0.29, 0.717) is 19.3 Å². The highest BCUT2D eigenvalue weighted by Crippen LogP contribution is 2.51. The Bertz CT molecular complexity index is 883. The molecular formula is C19H25F5O7S. The molecule has 2 bridgehead atoms. The number of ether oxygens (including phenoxy) is 2. The molecule has 0 radical (unpaired) electrons. The lowest BCUT2D eigenvalue weighted by atomic mass is 9.59. The largest absolute Gasteiger partial charge is 0.456 e. The van der Waals surface area contributed by atoms with Crippen LogP contribution in [-0.4, -0.2) is 48.0 Å². The lowest BCUT2D eigenvalue weighted by molar-refractivity contribution is -0.263. The summed E-state index contributed by atoms with van der Waals surface area (Å²) in [6, 6.07) is 0. The minimum atomic E-state index is -6.53. The van der Waals surface area contributed by atoms with E-state index < -0.39 is 62.9 Å². The van der Waals surface area contributed by atoms with Gasteiger partial charge in [-0.1, -0.05) is 13.5 Å². The Morgan fingerprint density at radius 3 is 2.19 bits per heavy atom. The van der Waals surface area contributed by atoms with Gasteiger partial charge in [0, 0.05) is 5.57 Å². The van der Waals surface area contributed by atoms with Crippen LogP contribution >= 0.6 is 0 Å². The average molecular weight is 492 g/mol. The van der Waals surface area contributed by atoms with E-state index in [-0.39, 0.29) is 17.9 Å². The highest BCUT2D eigenvalue weighted by Gasteiger charge is 2.66. The summed E-state index contributed by atoms with van der Waals surface area (Å²) >= 11 is 0.